The van der Waals surface area contributed by atoms with E-state index in [0.29, 0.717) is 17.4 Å². The standard InChI is InChI=1S/C26H25N7O/c1-32-8-5-23(6-9-32)33-16-22(15-30-33)26(34)31-24-12-20-10-17(2-3-19(20)13-28-24)21-11-18-4-7-27-25(18)29-14-21/h2-4,7,10-16,23H,5-6,8-9H2,1H3,(H,27,29)(H,28,31,34). The van der Waals surface area contributed by atoms with Crippen LogP contribution < -0.4 is 5.32 Å². The van der Waals surface area contributed by atoms with Crippen molar-refractivity contribution in [3.05, 3.63) is 72.9 Å². The molecule has 0 saturated carbocycles. The molecule has 4 aromatic heterocycles. The summed E-state index contributed by atoms with van der Waals surface area (Å²) >= 11 is 0. The highest BCUT2D eigenvalue weighted by atomic mass is 16.1. The number of aromatic nitrogens is 5. The van der Waals surface area contributed by atoms with Crippen LogP contribution in [-0.2, 0) is 0 Å². The minimum atomic E-state index is -0.204. The molecule has 170 valence electrons. The molecule has 1 fully saturated rings. The van der Waals surface area contributed by atoms with E-state index in [9.17, 15) is 4.79 Å². The quantitative estimate of drug-likeness (QED) is 0.420. The number of likely N-dealkylation sites (tertiary alicyclic amines) is 1. The molecule has 8 nitrogen and oxygen atoms in total. The first kappa shape index (κ1) is 20.6. The lowest BCUT2D eigenvalue weighted by atomic mass is 10.0. The smallest absolute Gasteiger partial charge is 0.260 e. The Labute approximate surface area is 196 Å². The zero-order valence-corrected chi connectivity index (χ0v) is 18.9. The van der Waals surface area contributed by atoms with Crippen LogP contribution in [0.2, 0.25) is 0 Å². The number of hydrogen-bond donors (Lipinski definition) is 2. The highest BCUT2D eigenvalue weighted by Gasteiger charge is 2.20. The van der Waals surface area contributed by atoms with Crippen LogP contribution in [0.1, 0.15) is 29.2 Å². The molecule has 34 heavy (non-hydrogen) atoms. The van der Waals surface area contributed by atoms with E-state index in [1.807, 2.05) is 41.5 Å². The minimum absolute atomic E-state index is 0.204. The molecular formula is C26H25N7O. The summed E-state index contributed by atoms with van der Waals surface area (Å²) in [6.45, 7) is 2.09. The Morgan fingerprint density at radius 1 is 0.971 bits per heavy atom. The molecule has 0 spiro atoms. The second-order valence-corrected chi connectivity index (χ2v) is 8.97. The van der Waals surface area contributed by atoms with Gasteiger partial charge in [0.05, 0.1) is 17.8 Å². The molecule has 1 saturated heterocycles. The number of piperidine rings is 1. The molecule has 1 aliphatic heterocycles. The highest BCUT2D eigenvalue weighted by Crippen LogP contribution is 2.27. The number of hydrogen-bond acceptors (Lipinski definition) is 5. The molecule has 0 unspecified atom stereocenters. The van der Waals surface area contributed by atoms with Gasteiger partial charge in [-0.1, -0.05) is 12.1 Å². The summed E-state index contributed by atoms with van der Waals surface area (Å²) in [5.41, 5.74) is 3.52. The zero-order chi connectivity index (χ0) is 23.1. The minimum Gasteiger partial charge on any atom is -0.346 e. The Morgan fingerprint density at radius 2 is 1.82 bits per heavy atom. The van der Waals surface area contributed by atoms with Crippen LogP contribution in [0.15, 0.2) is 67.4 Å². The van der Waals surface area contributed by atoms with E-state index >= 15 is 0 Å². The number of anilines is 1. The Morgan fingerprint density at radius 3 is 2.71 bits per heavy atom. The maximum atomic E-state index is 12.9. The van der Waals surface area contributed by atoms with E-state index in [2.05, 4.69) is 55.5 Å². The molecule has 5 heterocycles. The molecule has 1 amide bonds. The van der Waals surface area contributed by atoms with Crippen LogP contribution in [0.5, 0.6) is 0 Å². The van der Waals surface area contributed by atoms with Crippen molar-refractivity contribution in [3.8, 4) is 11.1 Å². The number of carbonyl (C=O) groups excluding carboxylic acids is 1. The van der Waals surface area contributed by atoms with Gasteiger partial charge in [0.1, 0.15) is 11.5 Å². The number of nitrogens with one attached hydrogen (secondary N) is 2. The van der Waals surface area contributed by atoms with Gasteiger partial charge in [-0.3, -0.25) is 9.48 Å². The van der Waals surface area contributed by atoms with E-state index in [1.165, 1.54) is 0 Å². The summed E-state index contributed by atoms with van der Waals surface area (Å²) in [6, 6.07) is 12.6. The van der Waals surface area contributed by atoms with Gasteiger partial charge in [-0.05, 0) is 68.2 Å². The Bertz CT molecular complexity index is 1490. The summed E-state index contributed by atoms with van der Waals surface area (Å²) in [4.78, 5) is 27.2. The first-order chi connectivity index (χ1) is 16.6. The number of fused-ring (bicyclic) bond motifs is 2. The van der Waals surface area contributed by atoms with Gasteiger partial charge in [0.15, 0.2) is 0 Å². The lowest BCUT2D eigenvalue weighted by molar-refractivity contribution is 0.102. The van der Waals surface area contributed by atoms with Crippen LogP contribution >= 0.6 is 0 Å². The van der Waals surface area contributed by atoms with E-state index in [1.54, 1.807) is 12.4 Å². The monoisotopic (exact) mass is 451 g/mol. The predicted octanol–water partition coefficient (Wildman–Crippen LogP) is 4.49. The first-order valence-electron chi connectivity index (χ1n) is 11.5. The number of rotatable bonds is 4. The van der Waals surface area contributed by atoms with Gasteiger partial charge in [0.25, 0.3) is 5.91 Å². The van der Waals surface area contributed by atoms with Crippen LogP contribution in [-0.4, -0.2) is 55.7 Å². The van der Waals surface area contributed by atoms with Gasteiger partial charge in [-0.15, -0.1) is 0 Å². The number of aromatic amines is 1. The van der Waals surface area contributed by atoms with Crippen molar-refractivity contribution in [1.82, 2.24) is 29.6 Å². The van der Waals surface area contributed by atoms with Crippen LogP contribution in [0, 0.1) is 0 Å². The topological polar surface area (TPSA) is 91.7 Å². The number of nitrogens with zero attached hydrogens (tertiary/aromatic N) is 5. The van der Waals surface area contributed by atoms with Gasteiger partial charge in [-0.2, -0.15) is 5.10 Å². The maximum Gasteiger partial charge on any atom is 0.260 e. The van der Waals surface area contributed by atoms with E-state index in [-0.39, 0.29) is 5.91 Å². The largest absolute Gasteiger partial charge is 0.346 e. The molecule has 1 aliphatic rings. The number of benzene rings is 1. The molecule has 0 radical (unpaired) electrons. The van der Waals surface area contributed by atoms with Gasteiger partial charge in [-0.25, -0.2) is 9.97 Å². The second kappa shape index (κ2) is 8.39. The van der Waals surface area contributed by atoms with Crippen molar-refractivity contribution in [2.24, 2.45) is 0 Å². The Balaban J connectivity index is 1.22. The third kappa shape index (κ3) is 3.92. The normalized spacial score (nSPS) is 15.2. The van der Waals surface area contributed by atoms with Crippen molar-refractivity contribution >= 4 is 33.5 Å². The molecule has 0 bridgehead atoms. The number of H-pyrrole nitrogens is 1. The average Bonchev–Trinajstić information content (AvgIpc) is 3.54. The predicted molar refractivity (Wildman–Crippen MR) is 133 cm³/mol. The fourth-order valence-electron chi connectivity index (χ4n) is 4.59. The van der Waals surface area contributed by atoms with Crippen molar-refractivity contribution in [2.75, 3.05) is 25.5 Å². The van der Waals surface area contributed by atoms with E-state index < -0.39 is 0 Å². The van der Waals surface area contributed by atoms with Gasteiger partial charge >= 0.3 is 0 Å². The van der Waals surface area contributed by atoms with Crippen molar-refractivity contribution in [2.45, 2.75) is 18.9 Å². The van der Waals surface area contributed by atoms with Crippen LogP contribution in [0.25, 0.3) is 32.9 Å². The highest BCUT2D eigenvalue weighted by molar-refractivity contribution is 6.04. The summed E-state index contributed by atoms with van der Waals surface area (Å²) in [5.74, 6) is 0.310. The number of pyridine rings is 2. The molecule has 0 atom stereocenters. The Hall–Kier alpha value is -4.04. The fraction of sp³-hybridized carbons (Fsp3) is 0.231. The van der Waals surface area contributed by atoms with Crippen molar-refractivity contribution in [1.29, 1.82) is 0 Å². The summed E-state index contributed by atoms with van der Waals surface area (Å²) in [7, 11) is 2.13. The van der Waals surface area contributed by atoms with Gasteiger partial charge in [0.2, 0.25) is 0 Å². The SMILES string of the molecule is CN1CCC(n2cc(C(=O)Nc3cc4cc(-c5cnc6[nH]ccc6c5)ccc4cn3)cn2)CC1. The maximum absolute atomic E-state index is 12.9. The molecule has 2 N–H and O–H groups in total. The second-order valence-electron chi connectivity index (χ2n) is 8.97. The molecule has 6 rings (SSSR count). The third-order valence-corrected chi connectivity index (χ3v) is 6.62. The van der Waals surface area contributed by atoms with Crippen molar-refractivity contribution in [3.63, 3.8) is 0 Å². The third-order valence-electron chi connectivity index (χ3n) is 6.62. The lowest BCUT2D eigenvalue weighted by Gasteiger charge is -2.28. The number of carbonyl (C=O) groups is 1. The first-order valence-corrected chi connectivity index (χ1v) is 11.5. The summed E-state index contributed by atoms with van der Waals surface area (Å²) in [6.07, 6.45) is 11.1. The van der Waals surface area contributed by atoms with Crippen molar-refractivity contribution < 1.29 is 4.79 Å². The van der Waals surface area contributed by atoms with Gasteiger partial charge < -0.3 is 15.2 Å². The summed E-state index contributed by atoms with van der Waals surface area (Å²) in [5, 5.41) is 10.5. The zero-order valence-electron chi connectivity index (χ0n) is 18.9. The van der Waals surface area contributed by atoms with Gasteiger partial charge in [0, 0.05) is 41.1 Å². The van der Waals surface area contributed by atoms with E-state index in [0.717, 1.165) is 58.9 Å². The van der Waals surface area contributed by atoms with E-state index in [4.69, 9.17) is 0 Å². The van der Waals surface area contributed by atoms with Crippen LogP contribution in [0.4, 0.5) is 5.82 Å². The van der Waals surface area contributed by atoms with Crippen LogP contribution in [0.3, 0.4) is 0 Å². The lowest BCUT2D eigenvalue weighted by Crippen LogP contribution is -2.31. The molecule has 1 aromatic carbocycles. The fourth-order valence-corrected chi connectivity index (χ4v) is 4.59. The average molecular weight is 452 g/mol. The molecular weight excluding hydrogens is 426 g/mol. The molecule has 0 aliphatic carbocycles. The molecule has 5 aromatic rings. The Kier molecular flexibility index (Phi) is 5.07. The summed E-state index contributed by atoms with van der Waals surface area (Å²) < 4.78 is 1.93. The molecule has 8 heteroatoms. The number of amides is 1.